The first kappa shape index (κ1) is 69.3. The van der Waals surface area contributed by atoms with Crippen molar-refractivity contribution in [3.63, 3.8) is 0 Å². The van der Waals surface area contributed by atoms with Crippen LogP contribution in [0.5, 0.6) is 0 Å². The van der Waals surface area contributed by atoms with Crippen LogP contribution in [0.25, 0.3) is 0 Å². The van der Waals surface area contributed by atoms with E-state index in [0.29, 0.717) is 0 Å². The predicted molar refractivity (Wildman–Crippen MR) is 102 cm³/mol. The van der Waals surface area contributed by atoms with Gasteiger partial charge in [-0.3, -0.25) is 0 Å². The number of hydrogen-bond donors (Lipinski definition) is 12. The molecular weight excluding hydrogens is 935 g/mol. The minimum Gasteiger partial charge on any atom is -0.547 e. The molecule has 0 rings (SSSR count). The van der Waals surface area contributed by atoms with Gasteiger partial charge in [0.05, 0.1) is 35.8 Å². The molecule has 48 heavy (non-hydrogen) atoms. The SMILES string of the molecule is O=C([O-])C(O)C(O)C(O)C(O)C(=O)[O-].O=C([O-])C(O)C(O)C(O)C(O)C(=O)[O-].O=C([O-])C(O)C(O)C(O)C(O)C(=O)[O-].[Fe].[Fe].[Fe].[Fe].[Fe].[Fe]. The van der Waals surface area contributed by atoms with Crippen LogP contribution in [-0.2, 0) is 131 Å². The second-order valence-electron chi connectivity index (χ2n) is 7.53. The fourth-order valence-corrected chi connectivity index (χ4v) is 1.96. The van der Waals surface area contributed by atoms with E-state index in [0.717, 1.165) is 0 Å². The van der Waals surface area contributed by atoms with E-state index in [1.807, 2.05) is 0 Å². The monoisotopic (exact) mass is 960 g/mol. The molecule has 0 heterocycles. The van der Waals surface area contributed by atoms with Gasteiger partial charge in [-0.05, 0) is 0 Å². The zero-order valence-electron chi connectivity index (χ0n) is 22.3. The summed E-state index contributed by atoms with van der Waals surface area (Å²) in [6.07, 6.45) is -29.3. The minimum atomic E-state index is -2.50. The Morgan fingerprint density at radius 1 is 0.250 bits per heavy atom. The van der Waals surface area contributed by atoms with Gasteiger partial charge in [0.15, 0.2) is 0 Å². The molecule has 0 bridgehead atoms. The molecule has 0 radical (unpaired) electrons. The van der Waals surface area contributed by atoms with Crippen LogP contribution in [0.2, 0.25) is 0 Å². The van der Waals surface area contributed by atoms with Gasteiger partial charge in [-0.15, -0.1) is 0 Å². The maximum absolute atomic E-state index is 9.96. The number of hydrogen-bond acceptors (Lipinski definition) is 24. The molecule has 0 saturated heterocycles. The molecule has 12 unspecified atom stereocenters. The van der Waals surface area contributed by atoms with Crippen molar-refractivity contribution in [3.8, 4) is 0 Å². The number of aliphatic carboxylic acids is 6. The fourth-order valence-electron chi connectivity index (χ4n) is 1.96. The van der Waals surface area contributed by atoms with Crippen LogP contribution in [0.1, 0.15) is 0 Å². The second-order valence-corrected chi connectivity index (χ2v) is 7.53. The number of carboxylic acid groups (broad SMARTS) is 6. The minimum absolute atomic E-state index is 0. The molecule has 12 N–H and O–H groups in total. The summed E-state index contributed by atoms with van der Waals surface area (Å²) in [4.78, 5) is 59.8. The Balaban J connectivity index is -0.0000000639. The number of rotatable bonds is 15. The van der Waals surface area contributed by atoms with E-state index in [1.165, 1.54) is 0 Å². The molecule has 24 nitrogen and oxygen atoms in total. The van der Waals surface area contributed by atoms with Gasteiger partial charge in [0, 0.05) is 102 Å². The molecule has 294 valence electrons. The molecule has 0 aromatic carbocycles. The number of carboxylic acids is 6. The summed E-state index contributed by atoms with van der Waals surface area (Å²) in [5.41, 5.74) is 0. The molecule has 0 spiro atoms. The Kier molecular flexibility index (Phi) is 48.5. The van der Waals surface area contributed by atoms with E-state index < -0.39 is 109 Å². The maximum Gasteiger partial charge on any atom is 0.122 e. The zero-order chi connectivity index (χ0) is 34.4. The van der Waals surface area contributed by atoms with Gasteiger partial charge in [0.25, 0.3) is 0 Å². The predicted octanol–water partition coefficient (Wildman–Crippen LogP) is -18.2. The van der Waals surface area contributed by atoms with Crippen molar-refractivity contribution in [1.82, 2.24) is 0 Å². The van der Waals surface area contributed by atoms with Crippen molar-refractivity contribution in [2.75, 3.05) is 0 Å². The third-order valence-electron chi connectivity index (χ3n) is 4.44. The second kappa shape index (κ2) is 33.6. The topological polar surface area (TPSA) is 484 Å². The van der Waals surface area contributed by atoms with Crippen LogP contribution < -0.4 is 30.6 Å². The summed E-state index contributed by atoms with van der Waals surface area (Å²) in [6.45, 7) is 0. The zero-order valence-corrected chi connectivity index (χ0v) is 28.9. The molecule has 0 saturated carbocycles. The Bertz CT molecular complexity index is 746. The van der Waals surface area contributed by atoms with Crippen molar-refractivity contribution in [2.45, 2.75) is 73.2 Å². The fraction of sp³-hybridized carbons (Fsp3) is 0.667. The van der Waals surface area contributed by atoms with E-state index in [-0.39, 0.29) is 102 Å². The summed E-state index contributed by atoms with van der Waals surface area (Å²) in [5.74, 6) is -12.7. The van der Waals surface area contributed by atoms with E-state index in [2.05, 4.69) is 0 Å². The number of aliphatic hydroxyl groups excluding tert-OH is 12. The molecule has 0 aliphatic heterocycles. The first-order valence-electron chi connectivity index (χ1n) is 10.3. The third-order valence-corrected chi connectivity index (χ3v) is 4.44. The first-order valence-corrected chi connectivity index (χ1v) is 10.3. The quantitative estimate of drug-likeness (QED) is 0.0678. The van der Waals surface area contributed by atoms with Crippen LogP contribution in [-0.4, -0.2) is 170 Å². The van der Waals surface area contributed by atoms with Gasteiger partial charge in [0.1, 0.15) is 73.2 Å². The van der Waals surface area contributed by atoms with Crippen molar-refractivity contribution in [2.24, 2.45) is 0 Å². The standard InChI is InChI=1S/3C6H10O8.6Fe/c3*7-1(3(9)5(11)12)2(8)4(10)6(13)14;;;;;;/h3*1-4,7-10H,(H,11,12)(H,13,14);;;;;;/p-6. The van der Waals surface area contributed by atoms with E-state index in [4.69, 9.17) is 61.3 Å². The first-order chi connectivity index (χ1) is 18.9. The largest absolute Gasteiger partial charge is 0.547 e. The van der Waals surface area contributed by atoms with Gasteiger partial charge in [-0.25, -0.2) is 0 Å². The van der Waals surface area contributed by atoms with Crippen LogP contribution in [0.4, 0.5) is 0 Å². The average molecular weight is 959 g/mol. The Labute approximate surface area is 330 Å². The van der Waals surface area contributed by atoms with Gasteiger partial charge < -0.3 is 121 Å². The maximum atomic E-state index is 9.96. The van der Waals surface area contributed by atoms with Crippen LogP contribution in [0, 0.1) is 0 Å². The smallest absolute Gasteiger partial charge is 0.122 e. The summed E-state index contributed by atoms with van der Waals surface area (Å²) >= 11 is 0. The Hall–Kier alpha value is -0.543. The molecule has 0 aliphatic rings. The van der Waals surface area contributed by atoms with Crippen LogP contribution in [0.15, 0.2) is 0 Å². The average Bonchev–Trinajstić information content (AvgIpc) is 2.92. The van der Waals surface area contributed by atoms with E-state index >= 15 is 0 Å². The molecule has 0 aromatic rings. The van der Waals surface area contributed by atoms with Crippen molar-refractivity contribution < 1.29 is 223 Å². The van der Waals surface area contributed by atoms with Crippen molar-refractivity contribution in [1.29, 1.82) is 0 Å². The molecule has 0 aliphatic carbocycles. The van der Waals surface area contributed by atoms with E-state index in [9.17, 15) is 59.4 Å². The molecule has 0 fully saturated rings. The summed E-state index contributed by atoms with van der Waals surface area (Å²) in [7, 11) is 0. The van der Waals surface area contributed by atoms with Gasteiger partial charge in [0.2, 0.25) is 0 Å². The van der Waals surface area contributed by atoms with Crippen molar-refractivity contribution >= 4 is 35.8 Å². The molecule has 0 amide bonds. The molecule has 30 heteroatoms. The van der Waals surface area contributed by atoms with Gasteiger partial charge in [-0.2, -0.15) is 0 Å². The summed E-state index contributed by atoms with van der Waals surface area (Å²) in [5, 5.41) is 164. The van der Waals surface area contributed by atoms with Gasteiger partial charge >= 0.3 is 0 Å². The van der Waals surface area contributed by atoms with Crippen LogP contribution in [0.3, 0.4) is 0 Å². The summed E-state index contributed by atoms with van der Waals surface area (Å²) < 4.78 is 0. The number of aliphatic hydroxyl groups is 12. The van der Waals surface area contributed by atoms with Gasteiger partial charge in [-0.1, -0.05) is 0 Å². The van der Waals surface area contributed by atoms with Crippen molar-refractivity contribution in [3.05, 3.63) is 0 Å². The molecule has 0 aromatic heterocycles. The van der Waals surface area contributed by atoms with E-state index in [1.54, 1.807) is 0 Å². The Morgan fingerprint density at radius 2 is 0.312 bits per heavy atom. The number of carbonyl (C=O) groups excluding carboxylic acids is 6. The normalized spacial score (nSPS) is 17.0. The molecular formula is C18H24Fe6O24-6. The number of carbonyl (C=O) groups is 6. The van der Waals surface area contributed by atoms with Crippen LogP contribution >= 0.6 is 0 Å². The summed E-state index contributed by atoms with van der Waals surface area (Å²) in [6, 6.07) is 0. The molecule has 12 atom stereocenters. The Morgan fingerprint density at radius 3 is 0.354 bits per heavy atom. The third kappa shape index (κ3) is 25.4.